The van der Waals surface area contributed by atoms with Gasteiger partial charge in [-0.3, -0.25) is 10.1 Å². The maximum absolute atomic E-state index is 12.6. The Labute approximate surface area is 166 Å². The Hall–Kier alpha value is -2.82. The van der Waals surface area contributed by atoms with E-state index in [-0.39, 0.29) is 15.4 Å². The van der Waals surface area contributed by atoms with Crippen LogP contribution in [-0.2, 0) is 10.0 Å². The Bertz CT molecular complexity index is 1050. The molecule has 2 N–H and O–H groups in total. The fourth-order valence-corrected chi connectivity index (χ4v) is 4.51. The molecule has 0 aliphatic carbocycles. The van der Waals surface area contributed by atoms with Gasteiger partial charge in [0.25, 0.3) is 15.9 Å². The van der Waals surface area contributed by atoms with Crippen LogP contribution in [0.25, 0.3) is 0 Å². The lowest BCUT2D eigenvalue weighted by Gasteiger charge is -2.13. The molecule has 146 valence electrons. The first-order valence-electron chi connectivity index (χ1n) is 8.25. The summed E-state index contributed by atoms with van der Waals surface area (Å²) in [7, 11) is -2.33. The number of carbonyl (C=O) groups excluding carboxylic acids is 1. The molecular weight excluding hydrogens is 400 g/mol. The lowest BCUT2D eigenvalue weighted by atomic mass is 10.1. The van der Waals surface area contributed by atoms with Crippen molar-refractivity contribution in [3.8, 4) is 5.75 Å². The molecule has 0 unspecified atom stereocenters. The van der Waals surface area contributed by atoms with E-state index in [1.807, 2.05) is 0 Å². The van der Waals surface area contributed by atoms with Crippen molar-refractivity contribution in [3.63, 3.8) is 0 Å². The maximum atomic E-state index is 12.6. The number of ether oxygens (including phenoxy) is 1. The van der Waals surface area contributed by atoms with Crippen LogP contribution in [0.5, 0.6) is 5.75 Å². The molecule has 1 atom stereocenters. The highest BCUT2D eigenvalue weighted by Crippen LogP contribution is 2.23. The molecule has 0 saturated heterocycles. The molecule has 2 aromatic carbocycles. The van der Waals surface area contributed by atoms with Crippen molar-refractivity contribution >= 4 is 32.4 Å². The number of rotatable bonds is 7. The number of nitrogens with zero attached hydrogens (tertiary/aromatic N) is 2. The minimum Gasteiger partial charge on any atom is -0.497 e. The molecule has 0 spiro atoms. The number of sulfonamides is 1. The fraction of sp³-hybridized carbons (Fsp3) is 0.167. The summed E-state index contributed by atoms with van der Waals surface area (Å²) in [4.78, 5) is 12.1. The van der Waals surface area contributed by atoms with E-state index in [0.29, 0.717) is 11.3 Å². The summed E-state index contributed by atoms with van der Waals surface area (Å²) >= 11 is 0.781. The smallest absolute Gasteiger partial charge is 0.270 e. The van der Waals surface area contributed by atoms with Crippen LogP contribution in [0.3, 0.4) is 0 Å². The Balaban J connectivity index is 1.69. The van der Waals surface area contributed by atoms with E-state index in [1.165, 1.54) is 0 Å². The summed E-state index contributed by atoms with van der Waals surface area (Å²) in [6.07, 6.45) is 0. The number of aromatic nitrogens is 2. The molecule has 1 amide bonds. The van der Waals surface area contributed by atoms with Gasteiger partial charge in [0.15, 0.2) is 0 Å². The monoisotopic (exact) mass is 418 g/mol. The van der Waals surface area contributed by atoms with Crippen molar-refractivity contribution in [2.75, 3.05) is 12.4 Å². The number of benzene rings is 2. The predicted octanol–water partition coefficient (Wildman–Crippen LogP) is 2.84. The van der Waals surface area contributed by atoms with E-state index in [1.54, 1.807) is 68.6 Å². The number of hydrogen-bond acceptors (Lipinski definition) is 7. The van der Waals surface area contributed by atoms with Crippen molar-refractivity contribution in [2.45, 2.75) is 17.3 Å². The summed E-state index contributed by atoms with van der Waals surface area (Å²) in [6, 6.07) is 15.1. The highest BCUT2D eigenvalue weighted by Gasteiger charge is 2.24. The van der Waals surface area contributed by atoms with E-state index in [0.717, 1.165) is 16.9 Å². The highest BCUT2D eigenvalue weighted by atomic mass is 32.2. The second-order valence-corrected chi connectivity index (χ2v) is 8.67. The van der Waals surface area contributed by atoms with E-state index < -0.39 is 16.1 Å². The quantitative estimate of drug-likeness (QED) is 0.571. The van der Waals surface area contributed by atoms with Gasteiger partial charge < -0.3 is 4.74 Å². The molecule has 0 aliphatic rings. The summed E-state index contributed by atoms with van der Waals surface area (Å²) < 4.78 is 32.6. The SMILES string of the molecule is COc1ccc([C@@H](C)NS(=O)(=O)c2nnc(NC(=O)c3ccccc3)s2)cc1. The summed E-state index contributed by atoms with van der Waals surface area (Å²) in [5.74, 6) is 0.294. The van der Waals surface area contributed by atoms with Crippen molar-refractivity contribution in [1.29, 1.82) is 0 Å². The highest BCUT2D eigenvalue weighted by molar-refractivity contribution is 7.91. The van der Waals surface area contributed by atoms with Gasteiger partial charge in [-0.2, -0.15) is 0 Å². The van der Waals surface area contributed by atoms with E-state index in [2.05, 4.69) is 20.2 Å². The second kappa shape index (κ2) is 8.46. The molecule has 0 radical (unpaired) electrons. The number of nitrogens with one attached hydrogen (secondary N) is 2. The molecule has 1 aromatic heterocycles. The van der Waals surface area contributed by atoms with Gasteiger partial charge in [-0.1, -0.05) is 41.7 Å². The van der Waals surface area contributed by atoms with Crippen LogP contribution in [0.15, 0.2) is 58.9 Å². The molecule has 0 saturated carbocycles. The van der Waals surface area contributed by atoms with Crippen molar-refractivity contribution in [3.05, 3.63) is 65.7 Å². The van der Waals surface area contributed by atoms with Crippen LogP contribution >= 0.6 is 11.3 Å². The molecular formula is C18H18N4O4S2. The molecule has 0 aliphatic heterocycles. The topological polar surface area (TPSA) is 110 Å². The molecule has 3 rings (SSSR count). The van der Waals surface area contributed by atoms with Gasteiger partial charge in [0.2, 0.25) is 9.47 Å². The van der Waals surface area contributed by atoms with Crippen molar-refractivity contribution < 1.29 is 17.9 Å². The van der Waals surface area contributed by atoms with E-state index >= 15 is 0 Å². The van der Waals surface area contributed by atoms with E-state index in [9.17, 15) is 13.2 Å². The van der Waals surface area contributed by atoms with Gasteiger partial charge >= 0.3 is 0 Å². The van der Waals surface area contributed by atoms with Crippen molar-refractivity contribution in [2.24, 2.45) is 0 Å². The standard InChI is InChI=1S/C18H18N4O4S2/c1-12(13-8-10-15(26-2)11-9-13)22-28(24,25)18-21-20-17(27-18)19-16(23)14-6-4-3-5-7-14/h3-12,22H,1-2H3,(H,19,20,23)/t12-/m1/s1. The molecule has 10 heteroatoms. The molecule has 28 heavy (non-hydrogen) atoms. The van der Waals surface area contributed by atoms with Gasteiger partial charge in [-0.15, -0.1) is 10.2 Å². The average molecular weight is 419 g/mol. The van der Waals surface area contributed by atoms with Crippen LogP contribution in [-0.4, -0.2) is 31.6 Å². The average Bonchev–Trinajstić information content (AvgIpc) is 3.18. The van der Waals surface area contributed by atoms with Crippen LogP contribution in [0.1, 0.15) is 28.9 Å². The van der Waals surface area contributed by atoms with Gasteiger partial charge in [0, 0.05) is 11.6 Å². The fourth-order valence-electron chi connectivity index (χ4n) is 2.37. The Morgan fingerprint density at radius 2 is 1.75 bits per heavy atom. The van der Waals surface area contributed by atoms with Crippen molar-refractivity contribution in [1.82, 2.24) is 14.9 Å². The summed E-state index contributed by atoms with van der Waals surface area (Å²) in [5.41, 5.74) is 1.21. The number of carbonyl (C=O) groups is 1. The number of methoxy groups -OCH3 is 1. The predicted molar refractivity (Wildman–Crippen MR) is 106 cm³/mol. The molecule has 3 aromatic rings. The number of hydrogen-bond donors (Lipinski definition) is 2. The third-order valence-corrected chi connectivity index (χ3v) is 6.59. The normalized spacial score (nSPS) is 12.4. The first-order chi connectivity index (χ1) is 13.4. The molecule has 0 fully saturated rings. The van der Waals surface area contributed by atoms with Gasteiger partial charge in [-0.05, 0) is 36.8 Å². The third-order valence-electron chi connectivity index (χ3n) is 3.84. The molecule has 0 bridgehead atoms. The maximum Gasteiger partial charge on any atom is 0.270 e. The van der Waals surface area contributed by atoms with Crippen LogP contribution in [0, 0.1) is 0 Å². The van der Waals surface area contributed by atoms with Crippen LogP contribution in [0.2, 0.25) is 0 Å². The van der Waals surface area contributed by atoms with Crippen LogP contribution < -0.4 is 14.8 Å². The number of anilines is 1. The Morgan fingerprint density at radius 3 is 2.39 bits per heavy atom. The van der Waals surface area contributed by atoms with Gasteiger partial charge in [-0.25, -0.2) is 13.1 Å². The Morgan fingerprint density at radius 1 is 1.07 bits per heavy atom. The minimum absolute atomic E-state index is 0.103. The largest absolute Gasteiger partial charge is 0.497 e. The molecule has 8 nitrogen and oxygen atoms in total. The first-order valence-corrected chi connectivity index (χ1v) is 10.5. The number of amides is 1. The zero-order valence-electron chi connectivity index (χ0n) is 15.1. The third kappa shape index (κ3) is 4.71. The zero-order chi connectivity index (χ0) is 20.1. The second-order valence-electron chi connectivity index (χ2n) is 5.81. The first kappa shape index (κ1) is 19.9. The lowest BCUT2D eigenvalue weighted by molar-refractivity contribution is 0.102. The molecule has 1 heterocycles. The van der Waals surface area contributed by atoms with Crippen LogP contribution in [0.4, 0.5) is 5.13 Å². The van der Waals surface area contributed by atoms with Gasteiger partial charge in [0.1, 0.15) is 5.75 Å². The Kier molecular flexibility index (Phi) is 6.02. The minimum atomic E-state index is -3.89. The lowest BCUT2D eigenvalue weighted by Crippen LogP contribution is -2.26. The van der Waals surface area contributed by atoms with Gasteiger partial charge in [0.05, 0.1) is 7.11 Å². The van der Waals surface area contributed by atoms with E-state index in [4.69, 9.17) is 4.74 Å². The zero-order valence-corrected chi connectivity index (χ0v) is 16.8. The summed E-state index contributed by atoms with van der Waals surface area (Å²) in [5, 5.41) is 10.1. The summed E-state index contributed by atoms with van der Waals surface area (Å²) in [6.45, 7) is 1.72.